The van der Waals surface area contributed by atoms with E-state index in [1.54, 1.807) is 6.92 Å². The molecule has 2 aliphatic rings. The molecular formula is C21H32O10. The standard InChI is InChI=1S/C21H32O10/c1-12-18(10-26-19(28-12)14-6-4-3-5-7-14)31-21(16(25)9-23)29-13(2)17-11-27-20(30-17)15(24)8-22/h3-7,12-13,15-25H,8-11H2,1-2H3/t12-,13-,15-,16-,17?,18-,19?,20+,21+/m0/s1. The van der Waals surface area contributed by atoms with Crippen LogP contribution < -0.4 is 0 Å². The molecule has 10 nitrogen and oxygen atoms in total. The van der Waals surface area contributed by atoms with E-state index >= 15 is 0 Å². The quantitative estimate of drug-likeness (QED) is 0.356. The Morgan fingerprint density at radius 1 is 1.03 bits per heavy atom. The van der Waals surface area contributed by atoms with Crippen LogP contribution in [0.4, 0.5) is 0 Å². The van der Waals surface area contributed by atoms with Crippen molar-refractivity contribution in [2.45, 2.75) is 69.3 Å². The van der Waals surface area contributed by atoms with Crippen molar-refractivity contribution in [3.05, 3.63) is 35.9 Å². The van der Waals surface area contributed by atoms with Crippen molar-refractivity contribution in [3.63, 3.8) is 0 Å². The molecule has 4 N–H and O–H groups in total. The fourth-order valence-corrected chi connectivity index (χ4v) is 3.32. The third-order valence-electron chi connectivity index (χ3n) is 5.26. The van der Waals surface area contributed by atoms with Crippen molar-refractivity contribution in [1.29, 1.82) is 0 Å². The highest BCUT2D eigenvalue weighted by atomic mass is 16.8. The second-order valence-electron chi connectivity index (χ2n) is 7.68. The lowest BCUT2D eigenvalue weighted by Gasteiger charge is -2.38. The van der Waals surface area contributed by atoms with Gasteiger partial charge in [-0.1, -0.05) is 30.3 Å². The molecule has 0 spiro atoms. The summed E-state index contributed by atoms with van der Waals surface area (Å²) in [7, 11) is 0. The summed E-state index contributed by atoms with van der Waals surface area (Å²) in [6.07, 6.45) is -7.16. The molecule has 176 valence electrons. The first-order valence-corrected chi connectivity index (χ1v) is 10.4. The molecule has 0 saturated carbocycles. The molecule has 2 fully saturated rings. The fourth-order valence-electron chi connectivity index (χ4n) is 3.32. The van der Waals surface area contributed by atoms with E-state index in [9.17, 15) is 15.3 Å². The van der Waals surface area contributed by atoms with Crippen LogP contribution in [0.15, 0.2) is 30.3 Å². The number of aliphatic hydroxyl groups is 4. The summed E-state index contributed by atoms with van der Waals surface area (Å²) in [5.74, 6) is 0. The average molecular weight is 444 g/mol. The van der Waals surface area contributed by atoms with Crippen molar-refractivity contribution >= 4 is 0 Å². The van der Waals surface area contributed by atoms with E-state index in [4.69, 9.17) is 33.5 Å². The monoisotopic (exact) mass is 444 g/mol. The molecule has 0 bridgehead atoms. The van der Waals surface area contributed by atoms with Crippen LogP contribution in [0.2, 0.25) is 0 Å². The third-order valence-corrected chi connectivity index (χ3v) is 5.26. The van der Waals surface area contributed by atoms with Crippen LogP contribution in [0.25, 0.3) is 0 Å². The van der Waals surface area contributed by atoms with Gasteiger partial charge < -0.3 is 48.8 Å². The first-order valence-electron chi connectivity index (χ1n) is 10.4. The zero-order valence-electron chi connectivity index (χ0n) is 17.6. The topological polar surface area (TPSA) is 136 Å². The molecule has 9 atom stereocenters. The van der Waals surface area contributed by atoms with E-state index in [1.807, 2.05) is 37.3 Å². The number of aliphatic hydroxyl groups excluding tert-OH is 4. The molecule has 2 aliphatic heterocycles. The highest BCUT2D eigenvalue weighted by Crippen LogP contribution is 2.29. The molecular weight excluding hydrogens is 412 g/mol. The molecule has 2 saturated heterocycles. The summed E-state index contributed by atoms with van der Waals surface area (Å²) < 4.78 is 34.3. The van der Waals surface area contributed by atoms with Crippen LogP contribution in [-0.4, -0.2) is 96.1 Å². The van der Waals surface area contributed by atoms with Crippen LogP contribution in [0.1, 0.15) is 25.7 Å². The van der Waals surface area contributed by atoms with E-state index in [0.717, 1.165) is 5.56 Å². The Bertz CT molecular complexity index is 646. The van der Waals surface area contributed by atoms with Gasteiger partial charge in [-0.15, -0.1) is 0 Å². The molecule has 2 unspecified atom stereocenters. The number of benzene rings is 1. The molecule has 0 radical (unpaired) electrons. The lowest BCUT2D eigenvalue weighted by atomic mass is 10.1. The molecule has 31 heavy (non-hydrogen) atoms. The van der Waals surface area contributed by atoms with E-state index in [0.29, 0.717) is 0 Å². The zero-order valence-corrected chi connectivity index (χ0v) is 17.6. The van der Waals surface area contributed by atoms with E-state index in [-0.39, 0.29) is 19.3 Å². The second kappa shape index (κ2) is 11.6. The average Bonchev–Trinajstić information content (AvgIpc) is 3.29. The lowest BCUT2D eigenvalue weighted by Crippen LogP contribution is -2.48. The van der Waals surface area contributed by atoms with Crippen molar-refractivity contribution in [1.82, 2.24) is 0 Å². The van der Waals surface area contributed by atoms with Crippen LogP contribution in [0.5, 0.6) is 0 Å². The molecule has 0 amide bonds. The van der Waals surface area contributed by atoms with Gasteiger partial charge in [-0.2, -0.15) is 0 Å². The van der Waals surface area contributed by atoms with E-state index in [1.165, 1.54) is 0 Å². The Kier molecular flexibility index (Phi) is 9.17. The highest BCUT2D eigenvalue weighted by molar-refractivity contribution is 5.16. The Hall–Kier alpha value is -1.18. The number of hydrogen-bond acceptors (Lipinski definition) is 10. The van der Waals surface area contributed by atoms with Crippen molar-refractivity contribution in [3.8, 4) is 0 Å². The summed E-state index contributed by atoms with van der Waals surface area (Å²) in [4.78, 5) is 0. The van der Waals surface area contributed by atoms with Crippen LogP contribution >= 0.6 is 0 Å². The van der Waals surface area contributed by atoms with Gasteiger partial charge in [0.15, 0.2) is 18.9 Å². The van der Waals surface area contributed by atoms with Crippen molar-refractivity contribution in [2.24, 2.45) is 0 Å². The fraction of sp³-hybridized carbons (Fsp3) is 0.714. The van der Waals surface area contributed by atoms with Crippen molar-refractivity contribution < 1.29 is 48.8 Å². The summed E-state index contributed by atoms with van der Waals surface area (Å²) in [6.45, 7) is 2.82. The number of rotatable bonds is 10. The van der Waals surface area contributed by atoms with Crippen LogP contribution in [0.3, 0.4) is 0 Å². The second-order valence-corrected chi connectivity index (χ2v) is 7.68. The van der Waals surface area contributed by atoms with E-state index < -0.39 is 62.6 Å². The highest BCUT2D eigenvalue weighted by Gasteiger charge is 2.39. The SMILES string of the molecule is C[C@H](O[C@H](O[C@H]1COC(c2ccccc2)O[C@H]1C)[C@@H](O)CO)C1CO[C@@H]([C@@H](O)CO)O1. The van der Waals surface area contributed by atoms with Gasteiger partial charge in [0.1, 0.15) is 24.4 Å². The Balaban J connectivity index is 1.55. The lowest BCUT2D eigenvalue weighted by molar-refractivity contribution is -0.313. The van der Waals surface area contributed by atoms with Gasteiger partial charge in [0.25, 0.3) is 0 Å². The Morgan fingerprint density at radius 3 is 2.42 bits per heavy atom. The first kappa shape index (κ1) is 24.5. The van der Waals surface area contributed by atoms with Crippen LogP contribution in [-0.2, 0) is 28.4 Å². The Labute approximate surface area is 181 Å². The molecule has 0 aromatic heterocycles. The van der Waals surface area contributed by atoms with E-state index in [2.05, 4.69) is 0 Å². The molecule has 0 aliphatic carbocycles. The molecule has 10 heteroatoms. The summed E-state index contributed by atoms with van der Waals surface area (Å²) >= 11 is 0. The predicted octanol–water partition coefficient (Wildman–Crippen LogP) is -0.315. The maximum atomic E-state index is 10.2. The molecule has 2 heterocycles. The largest absolute Gasteiger partial charge is 0.393 e. The maximum absolute atomic E-state index is 10.2. The minimum Gasteiger partial charge on any atom is -0.393 e. The molecule has 3 rings (SSSR count). The summed E-state index contributed by atoms with van der Waals surface area (Å²) in [6, 6.07) is 9.53. The predicted molar refractivity (Wildman–Crippen MR) is 106 cm³/mol. The molecule has 1 aromatic carbocycles. The third kappa shape index (κ3) is 6.42. The van der Waals surface area contributed by atoms with Crippen LogP contribution in [0, 0.1) is 0 Å². The normalized spacial score (nSPS) is 33.0. The Morgan fingerprint density at radius 2 is 1.77 bits per heavy atom. The molecule has 1 aromatic rings. The minimum absolute atomic E-state index is 0.135. The summed E-state index contributed by atoms with van der Waals surface area (Å²) in [5, 5.41) is 38.3. The van der Waals surface area contributed by atoms with Gasteiger partial charge in [-0.25, -0.2) is 0 Å². The summed E-state index contributed by atoms with van der Waals surface area (Å²) in [5.41, 5.74) is 0.891. The maximum Gasteiger partial charge on any atom is 0.186 e. The van der Waals surface area contributed by atoms with Crippen molar-refractivity contribution in [2.75, 3.05) is 26.4 Å². The van der Waals surface area contributed by atoms with Gasteiger partial charge in [0.2, 0.25) is 0 Å². The minimum atomic E-state index is -1.30. The van der Waals surface area contributed by atoms with Gasteiger partial charge in [0.05, 0.1) is 38.6 Å². The van der Waals surface area contributed by atoms with Gasteiger partial charge in [0, 0.05) is 5.56 Å². The smallest absolute Gasteiger partial charge is 0.186 e. The van der Waals surface area contributed by atoms with Gasteiger partial charge in [-0.3, -0.25) is 0 Å². The number of ether oxygens (including phenoxy) is 6. The van der Waals surface area contributed by atoms with Gasteiger partial charge >= 0.3 is 0 Å². The number of hydrogen-bond donors (Lipinski definition) is 4. The first-order chi connectivity index (χ1) is 14.9. The zero-order chi connectivity index (χ0) is 22.4. The van der Waals surface area contributed by atoms with Gasteiger partial charge in [-0.05, 0) is 13.8 Å².